The molecule has 0 fully saturated rings. The standard InChI is InChI=1S/C21H26ClNO8/c1-13(24)30-12-16(25)21(8-6-7-17(26)29-5,19(28)31-20(2,3)4)18(27)14-9-15(22)11-23-10-14/h9-11H,6-8,12H2,1-5H3. The Morgan fingerprint density at radius 2 is 1.74 bits per heavy atom. The number of rotatable bonds is 10. The molecule has 0 bridgehead atoms. The number of Topliss-reactive ketones (excluding diaryl/α,β-unsaturated/α-hetero) is 2. The fourth-order valence-corrected chi connectivity index (χ4v) is 2.90. The summed E-state index contributed by atoms with van der Waals surface area (Å²) in [5.74, 6) is -4.36. The molecule has 0 saturated carbocycles. The smallest absolute Gasteiger partial charge is 0.328 e. The number of pyridine rings is 1. The van der Waals surface area contributed by atoms with Gasteiger partial charge < -0.3 is 14.2 Å². The predicted molar refractivity (Wildman–Crippen MR) is 109 cm³/mol. The molecule has 0 aliphatic carbocycles. The number of nitrogens with zero attached hydrogens (tertiary/aromatic N) is 1. The zero-order valence-electron chi connectivity index (χ0n) is 18.2. The maximum absolute atomic E-state index is 13.5. The van der Waals surface area contributed by atoms with Gasteiger partial charge >= 0.3 is 17.9 Å². The number of ether oxygens (including phenoxy) is 3. The minimum atomic E-state index is -2.37. The maximum Gasteiger partial charge on any atom is 0.328 e. The molecule has 1 atom stereocenters. The van der Waals surface area contributed by atoms with E-state index in [-0.39, 0.29) is 29.8 Å². The summed E-state index contributed by atoms with van der Waals surface area (Å²) in [6.45, 7) is 4.99. The maximum atomic E-state index is 13.5. The minimum Gasteiger partial charge on any atom is -0.469 e. The van der Waals surface area contributed by atoms with Gasteiger partial charge in [0.1, 0.15) is 5.60 Å². The topological polar surface area (TPSA) is 126 Å². The lowest BCUT2D eigenvalue weighted by atomic mass is 9.73. The summed E-state index contributed by atoms with van der Waals surface area (Å²) in [4.78, 5) is 66.5. The van der Waals surface area contributed by atoms with Gasteiger partial charge in [-0.2, -0.15) is 0 Å². The minimum absolute atomic E-state index is 0.0442. The number of carbonyl (C=O) groups is 5. The molecule has 0 amide bonds. The second kappa shape index (κ2) is 11.0. The predicted octanol–water partition coefficient (Wildman–Crippen LogP) is 2.72. The molecular weight excluding hydrogens is 430 g/mol. The van der Waals surface area contributed by atoms with E-state index >= 15 is 0 Å². The van der Waals surface area contributed by atoms with Crippen LogP contribution in [0.3, 0.4) is 0 Å². The first-order chi connectivity index (χ1) is 14.3. The van der Waals surface area contributed by atoms with E-state index in [1.54, 1.807) is 20.8 Å². The van der Waals surface area contributed by atoms with Crippen LogP contribution in [0.5, 0.6) is 0 Å². The van der Waals surface area contributed by atoms with Gasteiger partial charge in [0.25, 0.3) is 0 Å². The molecule has 0 N–H and O–H groups in total. The SMILES string of the molecule is COC(=O)CCCC(C(=O)COC(C)=O)(C(=O)OC(C)(C)C)C(=O)c1cncc(Cl)c1. The van der Waals surface area contributed by atoms with Crippen LogP contribution >= 0.6 is 11.6 Å². The monoisotopic (exact) mass is 455 g/mol. The van der Waals surface area contributed by atoms with Crippen molar-refractivity contribution < 1.29 is 38.2 Å². The van der Waals surface area contributed by atoms with Gasteiger partial charge in [-0.25, -0.2) is 0 Å². The Bertz CT molecular complexity index is 861. The second-order valence-corrected chi connectivity index (χ2v) is 8.20. The Balaban J connectivity index is 3.53. The van der Waals surface area contributed by atoms with E-state index in [0.717, 1.165) is 13.1 Å². The van der Waals surface area contributed by atoms with Crippen molar-refractivity contribution in [1.29, 1.82) is 0 Å². The van der Waals surface area contributed by atoms with Crippen LogP contribution in [-0.2, 0) is 33.4 Å². The van der Waals surface area contributed by atoms with Crippen LogP contribution in [0, 0.1) is 5.41 Å². The third-order valence-electron chi connectivity index (χ3n) is 4.14. The Morgan fingerprint density at radius 1 is 1.10 bits per heavy atom. The van der Waals surface area contributed by atoms with Crippen LogP contribution in [0.2, 0.25) is 5.02 Å². The number of aromatic nitrogens is 1. The molecule has 170 valence electrons. The second-order valence-electron chi connectivity index (χ2n) is 7.76. The van der Waals surface area contributed by atoms with Crippen molar-refractivity contribution in [3.63, 3.8) is 0 Å². The van der Waals surface area contributed by atoms with Gasteiger partial charge in [0.05, 0.1) is 12.1 Å². The largest absolute Gasteiger partial charge is 0.469 e. The highest BCUT2D eigenvalue weighted by atomic mass is 35.5. The number of halogens is 1. The molecule has 0 saturated heterocycles. The van der Waals surface area contributed by atoms with Crippen LogP contribution in [0.25, 0.3) is 0 Å². The molecule has 0 spiro atoms. The van der Waals surface area contributed by atoms with E-state index in [1.165, 1.54) is 19.4 Å². The molecule has 0 aromatic carbocycles. The van der Waals surface area contributed by atoms with Gasteiger partial charge in [-0.15, -0.1) is 0 Å². The number of ketones is 2. The number of hydrogen-bond acceptors (Lipinski definition) is 9. The van der Waals surface area contributed by atoms with Crippen molar-refractivity contribution in [2.24, 2.45) is 5.41 Å². The molecule has 0 aliphatic heterocycles. The van der Waals surface area contributed by atoms with Crippen molar-refractivity contribution in [3.8, 4) is 0 Å². The van der Waals surface area contributed by atoms with Crippen LogP contribution in [0.4, 0.5) is 0 Å². The molecule has 1 rings (SSSR count). The first-order valence-electron chi connectivity index (χ1n) is 9.45. The highest BCUT2D eigenvalue weighted by Crippen LogP contribution is 2.35. The molecule has 1 heterocycles. The molecule has 1 aromatic heterocycles. The summed E-state index contributed by atoms with van der Waals surface area (Å²) in [5.41, 5.74) is -3.50. The molecule has 9 nitrogen and oxygen atoms in total. The molecule has 31 heavy (non-hydrogen) atoms. The van der Waals surface area contributed by atoms with E-state index in [0.29, 0.717) is 0 Å². The molecule has 1 aromatic rings. The van der Waals surface area contributed by atoms with E-state index in [2.05, 4.69) is 9.72 Å². The van der Waals surface area contributed by atoms with E-state index in [9.17, 15) is 24.0 Å². The normalized spacial score (nSPS) is 13.0. The summed E-state index contributed by atoms with van der Waals surface area (Å²) in [5, 5.41) is 0.117. The average molecular weight is 456 g/mol. The van der Waals surface area contributed by atoms with Crippen molar-refractivity contribution in [3.05, 3.63) is 29.0 Å². The van der Waals surface area contributed by atoms with Gasteiger partial charge in [-0.1, -0.05) is 11.6 Å². The highest BCUT2D eigenvalue weighted by molar-refractivity contribution is 6.32. The average Bonchev–Trinajstić information content (AvgIpc) is 2.67. The summed E-state index contributed by atoms with van der Waals surface area (Å²) in [6.07, 6.45) is 1.88. The lowest BCUT2D eigenvalue weighted by Gasteiger charge is -2.32. The Hall–Kier alpha value is -2.81. The van der Waals surface area contributed by atoms with Gasteiger partial charge in [0.2, 0.25) is 0 Å². The lowest BCUT2D eigenvalue weighted by molar-refractivity contribution is -0.170. The van der Waals surface area contributed by atoms with Gasteiger partial charge in [0.15, 0.2) is 23.6 Å². The third-order valence-corrected chi connectivity index (χ3v) is 4.35. The quantitative estimate of drug-likeness (QED) is 0.226. The molecular formula is C21H26ClNO8. The van der Waals surface area contributed by atoms with Crippen molar-refractivity contribution in [2.45, 2.75) is 52.6 Å². The zero-order valence-corrected chi connectivity index (χ0v) is 18.9. The first kappa shape index (κ1) is 26.2. The van der Waals surface area contributed by atoms with Crippen LogP contribution < -0.4 is 0 Å². The summed E-state index contributed by atoms with van der Waals surface area (Å²) in [7, 11) is 1.19. The Morgan fingerprint density at radius 3 is 2.26 bits per heavy atom. The van der Waals surface area contributed by atoms with Gasteiger partial charge in [-0.3, -0.25) is 29.0 Å². The Labute approximate surface area is 185 Å². The van der Waals surface area contributed by atoms with Gasteiger partial charge in [-0.05, 0) is 39.7 Å². The zero-order chi connectivity index (χ0) is 23.8. The van der Waals surface area contributed by atoms with Crippen LogP contribution in [0.15, 0.2) is 18.5 Å². The van der Waals surface area contributed by atoms with Crippen molar-refractivity contribution in [1.82, 2.24) is 4.98 Å². The third kappa shape index (κ3) is 7.43. The first-order valence-corrected chi connectivity index (χ1v) is 9.83. The Kier molecular flexibility index (Phi) is 9.30. The summed E-state index contributed by atoms with van der Waals surface area (Å²) < 4.78 is 14.7. The van der Waals surface area contributed by atoms with Crippen molar-refractivity contribution in [2.75, 3.05) is 13.7 Å². The molecule has 0 radical (unpaired) electrons. The number of hydrogen-bond donors (Lipinski definition) is 0. The summed E-state index contributed by atoms with van der Waals surface area (Å²) in [6, 6.07) is 1.26. The van der Waals surface area contributed by atoms with Crippen LogP contribution in [-0.4, -0.2) is 53.8 Å². The van der Waals surface area contributed by atoms with Crippen molar-refractivity contribution >= 4 is 41.1 Å². The van der Waals surface area contributed by atoms with E-state index in [4.69, 9.17) is 21.1 Å². The highest BCUT2D eigenvalue weighted by Gasteiger charge is 2.54. The summed E-state index contributed by atoms with van der Waals surface area (Å²) >= 11 is 5.93. The fraction of sp³-hybridized carbons (Fsp3) is 0.524. The number of carbonyl (C=O) groups excluding carboxylic acids is 5. The number of methoxy groups -OCH3 is 1. The molecule has 0 aliphatic rings. The fourth-order valence-electron chi connectivity index (χ4n) is 2.73. The number of esters is 3. The molecule has 1 unspecified atom stereocenters. The van der Waals surface area contributed by atoms with Gasteiger partial charge in [0, 0.05) is 31.3 Å². The van der Waals surface area contributed by atoms with Crippen LogP contribution in [0.1, 0.15) is 57.3 Å². The van der Waals surface area contributed by atoms with E-state index < -0.39 is 47.1 Å². The lowest BCUT2D eigenvalue weighted by Crippen LogP contribution is -2.51. The van der Waals surface area contributed by atoms with E-state index in [1.807, 2.05) is 0 Å². The molecule has 10 heteroatoms.